The second kappa shape index (κ2) is 8.24. The van der Waals surface area contributed by atoms with Gasteiger partial charge in [-0.3, -0.25) is 9.59 Å². The number of aromatic nitrogens is 1. The molecule has 128 valence electrons. The molecule has 0 atom stereocenters. The molecule has 0 saturated carbocycles. The van der Waals surface area contributed by atoms with E-state index in [9.17, 15) is 9.59 Å². The molecule has 0 spiro atoms. The maximum Gasteiger partial charge on any atom is 0.312 e. The number of anilines is 1. The number of rotatable bonds is 6. The lowest BCUT2D eigenvalue weighted by Crippen LogP contribution is -2.21. The molecule has 0 saturated heterocycles. The molecule has 3 rings (SSSR count). The van der Waals surface area contributed by atoms with Crippen molar-refractivity contribution in [3.63, 3.8) is 0 Å². The number of nitrogens with one attached hydrogen (secondary N) is 1. The highest BCUT2D eigenvalue weighted by Crippen LogP contribution is 2.27. The number of halogens is 1. The molecule has 1 aromatic carbocycles. The van der Waals surface area contributed by atoms with Gasteiger partial charge in [-0.15, -0.1) is 22.7 Å². The SMILES string of the molecule is O=C(COC(=O)Cc1csc(-c2cccs2)n1)Nc1ccc(Cl)cc1. The number of ether oxygens (including phenoxy) is 1. The number of hydrogen-bond acceptors (Lipinski definition) is 6. The van der Waals surface area contributed by atoms with Crippen molar-refractivity contribution in [2.24, 2.45) is 0 Å². The summed E-state index contributed by atoms with van der Waals surface area (Å²) in [6.07, 6.45) is 0.0378. The van der Waals surface area contributed by atoms with E-state index in [0.29, 0.717) is 16.4 Å². The average Bonchev–Trinajstić information content (AvgIpc) is 3.26. The standard InChI is InChI=1S/C17H13ClN2O3S2/c18-11-3-5-12(6-4-11)19-15(21)9-23-16(22)8-13-10-25-17(20-13)14-2-1-7-24-14/h1-7,10H,8-9H2,(H,19,21). The van der Waals surface area contributed by atoms with Gasteiger partial charge in [0, 0.05) is 16.1 Å². The summed E-state index contributed by atoms with van der Waals surface area (Å²) in [4.78, 5) is 29.1. The monoisotopic (exact) mass is 392 g/mol. The molecular formula is C17H13ClN2O3S2. The molecule has 0 aliphatic heterocycles. The van der Waals surface area contributed by atoms with Gasteiger partial charge in [0.2, 0.25) is 0 Å². The first-order chi connectivity index (χ1) is 12.1. The molecule has 2 aromatic heterocycles. The summed E-state index contributed by atoms with van der Waals surface area (Å²) in [7, 11) is 0. The Morgan fingerprint density at radius 3 is 2.68 bits per heavy atom. The van der Waals surface area contributed by atoms with Gasteiger partial charge in [0.15, 0.2) is 6.61 Å². The van der Waals surface area contributed by atoms with Crippen LogP contribution in [0.4, 0.5) is 5.69 Å². The van der Waals surface area contributed by atoms with Crippen LogP contribution in [0.15, 0.2) is 47.2 Å². The number of carbonyl (C=O) groups is 2. The normalized spacial score (nSPS) is 10.4. The van der Waals surface area contributed by atoms with E-state index in [1.54, 1.807) is 35.6 Å². The fourth-order valence-corrected chi connectivity index (χ4v) is 3.74. The van der Waals surface area contributed by atoms with E-state index in [2.05, 4.69) is 10.3 Å². The summed E-state index contributed by atoms with van der Waals surface area (Å²) in [6.45, 7) is -0.344. The highest BCUT2D eigenvalue weighted by Gasteiger charge is 2.12. The number of hydrogen-bond donors (Lipinski definition) is 1. The zero-order chi connectivity index (χ0) is 17.6. The summed E-state index contributed by atoms with van der Waals surface area (Å²) in [5.74, 6) is -0.900. The number of thiazole rings is 1. The molecule has 25 heavy (non-hydrogen) atoms. The minimum absolute atomic E-state index is 0.0378. The molecule has 0 bridgehead atoms. The molecule has 3 aromatic rings. The van der Waals surface area contributed by atoms with Crippen molar-refractivity contribution in [2.45, 2.75) is 6.42 Å². The predicted octanol–water partition coefficient (Wildman–Crippen LogP) is 4.25. The Labute approximate surface area is 157 Å². The summed E-state index contributed by atoms with van der Waals surface area (Å²) < 4.78 is 4.99. The Balaban J connectivity index is 1.46. The van der Waals surface area contributed by atoms with Crippen molar-refractivity contribution >= 4 is 51.8 Å². The second-order valence-corrected chi connectivity index (χ2v) is 7.26. The van der Waals surface area contributed by atoms with Gasteiger partial charge in [-0.05, 0) is 35.7 Å². The van der Waals surface area contributed by atoms with Crippen LogP contribution >= 0.6 is 34.3 Å². The van der Waals surface area contributed by atoms with E-state index in [1.165, 1.54) is 11.3 Å². The fourth-order valence-electron chi connectivity index (χ4n) is 1.98. The first kappa shape index (κ1) is 17.6. The van der Waals surface area contributed by atoms with Crippen LogP contribution in [0.25, 0.3) is 9.88 Å². The van der Waals surface area contributed by atoms with Crippen LogP contribution in [0.1, 0.15) is 5.69 Å². The van der Waals surface area contributed by atoms with Crippen LogP contribution in [0.5, 0.6) is 0 Å². The zero-order valence-electron chi connectivity index (χ0n) is 12.9. The number of nitrogens with zero attached hydrogens (tertiary/aromatic N) is 1. The molecule has 0 aliphatic rings. The summed E-state index contributed by atoms with van der Waals surface area (Å²) >= 11 is 8.85. The third kappa shape index (κ3) is 5.12. The second-order valence-electron chi connectivity index (χ2n) is 5.01. The highest BCUT2D eigenvalue weighted by molar-refractivity contribution is 7.20. The lowest BCUT2D eigenvalue weighted by molar-refractivity contribution is -0.146. The highest BCUT2D eigenvalue weighted by atomic mass is 35.5. The molecular weight excluding hydrogens is 380 g/mol. The van der Waals surface area contributed by atoms with Crippen LogP contribution in [-0.2, 0) is 20.7 Å². The molecule has 0 aliphatic carbocycles. The van der Waals surface area contributed by atoms with Gasteiger partial charge in [-0.1, -0.05) is 17.7 Å². The van der Waals surface area contributed by atoms with E-state index < -0.39 is 11.9 Å². The fraction of sp³-hybridized carbons (Fsp3) is 0.118. The van der Waals surface area contributed by atoms with Crippen LogP contribution in [0, 0.1) is 0 Å². The average molecular weight is 393 g/mol. The molecule has 8 heteroatoms. The Hall–Kier alpha value is -2.22. The Morgan fingerprint density at radius 2 is 1.96 bits per heavy atom. The zero-order valence-corrected chi connectivity index (χ0v) is 15.3. The number of amides is 1. The van der Waals surface area contributed by atoms with Crippen molar-refractivity contribution in [3.8, 4) is 9.88 Å². The van der Waals surface area contributed by atoms with Crippen molar-refractivity contribution in [3.05, 3.63) is 57.9 Å². The van der Waals surface area contributed by atoms with Gasteiger partial charge in [0.1, 0.15) is 5.01 Å². The minimum Gasteiger partial charge on any atom is -0.455 e. The Bertz CT molecular complexity index is 860. The molecule has 5 nitrogen and oxygen atoms in total. The summed E-state index contributed by atoms with van der Waals surface area (Å²) in [6, 6.07) is 10.6. The van der Waals surface area contributed by atoms with Crippen LogP contribution in [-0.4, -0.2) is 23.5 Å². The quantitative estimate of drug-likeness (QED) is 0.637. The van der Waals surface area contributed by atoms with Crippen molar-refractivity contribution < 1.29 is 14.3 Å². The molecule has 2 heterocycles. The lowest BCUT2D eigenvalue weighted by Gasteiger charge is -2.06. The van der Waals surface area contributed by atoms with E-state index in [1.807, 2.05) is 22.9 Å². The van der Waals surface area contributed by atoms with Crippen LogP contribution in [0.2, 0.25) is 5.02 Å². The number of esters is 1. The van der Waals surface area contributed by atoms with Gasteiger partial charge >= 0.3 is 5.97 Å². The summed E-state index contributed by atoms with van der Waals surface area (Å²) in [5.41, 5.74) is 1.22. The van der Waals surface area contributed by atoms with Crippen LogP contribution < -0.4 is 5.32 Å². The Kier molecular flexibility index (Phi) is 5.80. The van der Waals surface area contributed by atoms with Gasteiger partial charge in [-0.2, -0.15) is 0 Å². The van der Waals surface area contributed by atoms with Crippen molar-refractivity contribution in [1.82, 2.24) is 4.98 Å². The molecule has 1 N–H and O–H groups in total. The smallest absolute Gasteiger partial charge is 0.312 e. The van der Waals surface area contributed by atoms with Crippen LogP contribution in [0.3, 0.4) is 0 Å². The molecule has 0 fully saturated rings. The molecule has 1 amide bonds. The largest absolute Gasteiger partial charge is 0.455 e. The predicted molar refractivity (Wildman–Crippen MR) is 100 cm³/mol. The molecule has 0 radical (unpaired) electrons. The third-order valence-corrected chi connectivity index (χ3v) is 5.28. The van der Waals surface area contributed by atoms with Gasteiger partial charge in [0.05, 0.1) is 17.0 Å². The third-order valence-electron chi connectivity index (χ3n) is 3.10. The van der Waals surface area contributed by atoms with Crippen molar-refractivity contribution in [2.75, 3.05) is 11.9 Å². The van der Waals surface area contributed by atoms with Crippen molar-refractivity contribution in [1.29, 1.82) is 0 Å². The maximum atomic E-state index is 11.9. The number of benzene rings is 1. The number of thiophene rings is 1. The maximum absolute atomic E-state index is 11.9. The van der Waals surface area contributed by atoms with E-state index in [4.69, 9.17) is 16.3 Å². The number of carbonyl (C=O) groups excluding carboxylic acids is 2. The minimum atomic E-state index is -0.491. The van der Waals surface area contributed by atoms with Gasteiger partial charge in [0.25, 0.3) is 5.91 Å². The first-order valence-electron chi connectivity index (χ1n) is 7.29. The van der Waals surface area contributed by atoms with E-state index in [-0.39, 0.29) is 13.0 Å². The van der Waals surface area contributed by atoms with E-state index >= 15 is 0 Å². The first-order valence-corrected chi connectivity index (χ1v) is 9.43. The lowest BCUT2D eigenvalue weighted by atomic mass is 10.3. The Morgan fingerprint density at radius 1 is 1.16 bits per heavy atom. The van der Waals surface area contributed by atoms with Gasteiger partial charge in [-0.25, -0.2) is 4.98 Å². The van der Waals surface area contributed by atoms with E-state index in [0.717, 1.165) is 9.88 Å². The molecule has 0 unspecified atom stereocenters. The summed E-state index contributed by atoms with van der Waals surface area (Å²) in [5, 5.41) is 7.88. The topological polar surface area (TPSA) is 68.3 Å². The van der Waals surface area contributed by atoms with Gasteiger partial charge < -0.3 is 10.1 Å².